The molecule has 32 heavy (non-hydrogen) atoms. The highest BCUT2D eigenvalue weighted by molar-refractivity contribution is 7.92. The molecule has 2 amide bonds. The van der Waals surface area contributed by atoms with Crippen molar-refractivity contribution in [2.75, 3.05) is 31.3 Å². The van der Waals surface area contributed by atoms with Gasteiger partial charge in [0.25, 0.3) is 0 Å². The first-order valence-corrected chi connectivity index (χ1v) is 12.1. The molecule has 0 aliphatic heterocycles. The molecular weight excluding hydrogens is 454 g/mol. The summed E-state index contributed by atoms with van der Waals surface area (Å²) in [5, 5.41) is 2.99. The second kappa shape index (κ2) is 10.7. The van der Waals surface area contributed by atoms with Gasteiger partial charge >= 0.3 is 0 Å². The number of benzene rings is 2. The zero-order valence-electron chi connectivity index (χ0n) is 18.8. The zero-order valence-corrected chi connectivity index (χ0v) is 20.3. The molecule has 2 rings (SSSR count). The highest BCUT2D eigenvalue weighted by Gasteiger charge is 2.30. The molecule has 174 valence electrons. The van der Waals surface area contributed by atoms with E-state index in [1.165, 1.54) is 19.1 Å². The van der Waals surface area contributed by atoms with Crippen LogP contribution in [0.5, 0.6) is 5.75 Å². The van der Waals surface area contributed by atoms with Crippen molar-refractivity contribution >= 4 is 39.1 Å². The molecule has 8 nitrogen and oxygen atoms in total. The smallest absolute Gasteiger partial charge is 0.244 e. The highest BCUT2D eigenvalue weighted by atomic mass is 35.5. The van der Waals surface area contributed by atoms with Gasteiger partial charge in [0.1, 0.15) is 18.3 Å². The number of nitrogens with zero attached hydrogens (tertiary/aromatic N) is 2. The number of carbonyl (C=O) groups excluding carboxylic acids is 2. The Hall–Kier alpha value is -2.78. The van der Waals surface area contributed by atoms with Crippen LogP contribution in [0.15, 0.2) is 42.5 Å². The Morgan fingerprint density at radius 3 is 2.44 bits per heavy atom. The summed E-state index contributed by atoms with van der Waals surface area (Å²) in [6, 6.07) is 11.0. The molecule has 0 aromatic heterocycles. The van der Waals surface area contributed by atoms with Crippen LogP contribution in [-0.4, -0.2) is 58.1 Å². The molecule has 0 heterocycles. The fourth-order valence-electron chi connectivity index (χ4n) is 3.25. The summed E-state index contributed by atoms with van der Waals surface area (Å²) >= 11 is 6.00. The number of amides is 2. The molecule has 0 saturated heterocycles. The van der Waals surface area contributed by atoms with Crippen LogP contribution in [0.1, 0.15) is 18.1 Å². The second-order valence-corrected chi connectivity index (χ2v) is 9.71. The van der Waals surface area contributed by atoms with Crippen molar-refractivity contribution in [2.24, 2.45) is 0 Å². The summed E-state index contributed by atoms with van der Waals surface area (Å²) in [5.74, 6) is -0.282. The monoisotopic (exact) mass is 481 g/mol. The number of nitrogens with one attached hydrogen (secondary N) is 1. The standard InChI is InChI=1S/C22H28ClN3O5S/c1-15-11-18(23)9-10-20(15)26(32(5,29)30)14-21(27)25(16(2)22(28)24-3)13-17-7-6-8-19(12-17)31-4/h6-12,16H,13-14H2,1-5H3,(H,24,28)/t16-/m0/s1. The predicted octanol–water partition coefficient (Wildman–Crippen LogP) is 2.59. The summed E-state index contributed by atoms with van der Waals surface area (Å²) in [7, 11) is -0.780. The van der Waals surface area contributed by atoms with Gasteiger partial charge < -0.3 is 15.0 Å². The van der Waals surface area contributed by atoms with Crippen molar-refractivity contribution in [3.63, 3.8) is 0 Å². The third kappa shape index (κ3) is 6.37. The number of ether oxygens (including phenoxy) is 1. The van der Waals surface area contributed by atoms with Crippen LogP contribution in [0, 0.1) is 6.92 Å². The lowest BCUT2D eigenvalue weighted by molar-refractivity contribution is -0.139. The van der Waals surface area contributed by atoms with E-state index in [-0.39, 0.29) is 12.5 Å². The lowest BCUT2D eigenvalue weighted by atomic mass is 10.1. The second-order valence-electron chi connectivity index (χ2n) is 7.36. The maximum atomic E-state index is 13.4. The number of methoxy groups -OCH3 is 1. The average molecular weight is 482 g/mol. The third-order valence-electron chi connectivity index (χ3n) is 5.01. The number of hydrogen-bond donors (Lipinski definition) is 1. The van der Waals surface area contributed by atoms with Crippen LogP contribution in [0.25, 0.3) is 0 Å². The van der Waals surface area contributed by atoms with Crippen molar-refractivity contribution in [1.29, 1.82) is 0 Å². The maximum Gasteiger partial charge on any atom is 0.244 e. The molecule has 2 aromatic rings. The fourth-order valence-corrected chi connectivity index (χ4v) is 4.39. The number of aryl methyl sites for hydroxylation is 1. The Labute approximate surface area is 194 Å². The number of anilines is 1. The fraction of sp³-hybridized carbons (Fsp3) is 0.364. The normalized spacial score (nSPS) is 12.1. The van der Waals surface area contributed by atoms with Crippen molar-refractivity contribution in [3.05, 3.63) is 58.6 Å². The summed E-state index contributed by atoms with van der Waals surface area (Å²) < 4.78 is 31.4. The quantitative estimate of drug-likeness (QED) is 0.594. The molecule has 0 fully saturated rings. The van der Waals surface area contributed by atoms with Crippen molar-refractivity contribution < 1.29 is 22.7 Å². The number of carbonyl (C=O) groups is 2. The van der Waals surface area contributed by atoms with E-state index in [1.54, 1.807) is 56.3 Å². The molecular formula is C22H28ClN3O5S. The van der Waals surface area contributed by atoms with Crippen LogP contribution in [0.2, 0.25) is 5.02 Å². The van der Waals surface area contributed by atoms with E-state index in [4.69, 9.17) is 16.3 Å². The molecule has 0 saturated carbocycles. The molecule has 2 aromatic carbocycles. The lowest BCUT2D eigenvalue weighted by Gasteiger charge is -2.31. The molecule has 10 heteroatoms. The van der Waals surface area contributed by atoms with Crippen LogP contribution >= 0.6 is 11.6 Å². The molecule has 0 unspecified atom stereocenters. The number of sulfonamides is 1. The van der Waals surface area contributed by atoms with Gasteiger partial charge in [-0.15, -0.1) is 0 Å². The molecule has 0 spiro atoms. The van der Waals surface area contributed by atoms with Gasteiger partial charge in [-0.1, -0.05) is 23.7 Å². The molecule has 1 atom stereocenters. The average Bonchev–Trinajstić information content (AvgIpc) is 2.74. The van der Waals surface area contributed by atoms with E-state index in [9.17, 15) is 18.0 Å². The summed E-state index contributed by atoms with van der Waals surface area (Å²) in [5.41, 5.74) is 1.69. The summed E-state index contributed by atoms with van der Waals surface area (Å²) in [6.45, 7) is 2.94. The van der Waals surface area contributed by atoms with Crippen LogP contribution in [-0.2, 0) is 26.2 Å². The van der Waals surface area contributed by atoms with Gasteiger partial charge in [0.15, 0.2) is 0 Å². The van der Waals surface area contributed by atoms with E-state index in [0.717, 1.165) is 16.1 Å². The third-order valence-corrected chi connectivity index (χ3v) is 6.37. The predicted molar refractivity (Wildman–Crippen MR) is 125 cm³/mol. The summed E-state index contributed by atoms with van der Waals surface area (Å²) in [6.07, 6.45) is 1.03. The van der Waals surface area contributed by atoms with Gasteiger partial charge in [0.05, 0.1) is 19.1 Å². The first-order chi connectivity index (χ1) is 15.0. The SMILES string of the molecule is CNC(=O)[C@H](C)N(Cc1cccc(OC)c1)C(=O)CN(c1ccc(Cl)cc1C)S(C)(=O)=O. The number of likely N-dealkylation sites (N-methyl/N-ethyl adjacent to an activating group) is 1. The molecule has 0 aliphatic rings. The van der Waals surface area contributed by atoms with E-state index >= 15 is 0 Å². The minimum absolute atomic E-state index is 0.0990. The lowest BCUT2D eigenvalue weighted by Crippen LogP contribution is -2.50. The Balaban J connectivity index is 2.42. The van der Waals surface area contributed by atoms with Crippen LogP contribution in [0.4, 0.5) is 5.69 Å². The van der Waals surface area contributed by atoms with E-state index in [2.05, 4.69) is 5.32 Å². The largest absolute Gasteiger partial charge is 0.497 e. The van der Waals surface area contributed by atoms with Gasteiger partial charge in [-0.3, -0.25) is 13.9 Å². The Morgan fingerprint density at radius 2 is 1.88 bits per heavy atom. The molecule has 0 bridgehead atoms. The number of rotatable bonds is 9. The van der Waals surface area contributed by atoms with E-state index in [0.29, 0.717) is 22.0 Å². The summed E-state index contributed by atoms with van der Waals surface area (Å²) in [4.78, 5) is 27.0. The van der Waals surface area contributed by atoms with Crippen molar-refractivity contribution in [3.8, 4) is 5.75 Å². The maximum absolute atomic E-state index is 13.4. The number of hydrogen-bond acceptors (Lipinski definition) is 5. The van der Waals surface area contributed by atoms with Gasteiger partial charge in [-0.25, -0.2) is 8.42 Å². The zero-order chi connectivity index (χ0) is 24.1. The Bertz CT molecular complexity index is 1090. The van der Waals surface area contributed by atoms with Crippen molar-refractivity contribution in [2.45, 2.75) is 26.4 Å². The minimum atomic E-state index is -3.79. The molecule has 1 N–H and O–H groups in total. The highest BCUT2D eigenvalue weighted by Crippen LogP contribution is 2.26. The topological polar surface area (TPSA) is 96.0 Å². The Kier molecular flexibility index (Phi) is 8.51. The van der Waals surface area contributed by atoms with Gasteiger partial charge in [0, 0.05) is 18.6 Å². The minimum Gasteiger partial charge on any atom is -0.497 e. The van der Waals surface area contributed by atoms with E-state index < -0.39 is 28.5 Å². The van der Waals surface area contributed by atoms with E-state index in [1.807, 2.05) is 0 Å². The van der Waals surface area contributed by atoms with Crippen molar-refractivity contribution in [1.82, 2.24) is 10.2 Å². The van der Waals surface area contributed by atoms with Gasteiger partial charge in [-0.05, 0) is 55.3 Å². The number of halogens is 1. The first-order valence-electron chi connectivity index (χ1n) is 9.85. The van der Waals surface area contributed by atoms with Crippen LogP contribution < -0.4 is 14.4 Å². The first kappa shape index (κ1) is 25.5. The molecule has 0 radical (unpaired) electrons. The molecule has 0 aliphatic carbocycles. The van der Waals surface area contributed by atoms with Gasteiger partial charge in [-0.2, -0.15) is 0 Å². The Morgan fingerprint density at radius 1 is 1.19 bits per heavy atom. The van der Waals surface area contributed by atoms with Crippen LogP contribution in [0.3, 0.4) is 0 Å². The van der Waals surface area contributed by atoms with Gasteiger partial charge in [0.2, 0.25) is 21.8 Å².